The monoisotopic (exact) mass is 372 g/mol. The average molecular weight is 372 g/mol. The van der Waals surface area contributed by atoms with Crippen molar-refractivity contribution in [2.75, 3.05) is 31.1 Å². The van der Waals surface area contributed by atoms with E-state index < -0.39 is 11.1 Å². The van der Waals surface area contributed by atoms with Crippen molar-refractivity contribution in [1.82, 2.24) is 4.90 Å². The summed E-state index contributed by atoms with van der Waals surface area (Å²) in [6.45, 7) is 3.01. The molecule has 1 amide bonds. The minimum atomic E-state index is -1.94. The summed E-state index contributed by atoms with van der Waals surface area (Å²) >= 11 is -1.94. The molecule has 1 aliphatic rings. The standard InChI is InChI=1S/C20H24N2O3S/c23-20(8-4-7-17-5-2-1-3-6-17)22-15-13-21(14-16-22)18-9-11-19(12-10-18)26(24)25/h1-3,5-6,9-12H,4,7-8,13-16H2,(H,24,25). The van der Waals surface area contributed by atoms with E-state index in [2.05, 4.69) is 17.0 Å². The Morgan fingerprint density at radius 3 is 2.23 bits per heavy atom. The van der Waals surface area contributed by atoms with Gasteiger partial charge in [-0.15, -0.1) is 0 Å². The van der Waals surface area contributed by atoms with Gasteiger partial charge >= 0.3 is 0 Å². The van der Waals surface area contributed by atoms with Crippen LogP contribution in [0.1, 0.15) is 18.4 Å². The molecule has 1 fully saturated rings. The SMILES string of the molecule is O=C(CCCc1ccccc1)N1CCN(c2ccc(S(=O)O)cc2)CC1. The quantitative estimate of drug-likeness (QED) is 0.792. The van der Waals surface area contributed by atoms with Gasteiger partial charge in [0.1, 0.15) is 0 Å². The maximum absolute atomic E-state index is 12.4. The van der Waals surface area contributed by atoms with Gasteiger partial charge in [0.2, 0.25) is 5.91 Å². The summed E-state index contributed by atoms with van der Waals surface area (Å²) in [5, 5.41) is 0. The van der Waals surface area contributed by atoms with Gasteiger partial charge in [-0.1, -0.05) is 30.3 Å². The molecule has 0 radical (unpaired) electrons. The van der Waals surface area contributed by atoms with Gasteiger partial charge in [-0.25, -0.2) is 4.21 Å². The Kier molecular flexibility index (Phi) is 6.41. The van der Waals surface area contributed by atoms with Crippen LogP contribution in [0, 0.1) is 0 Å². The van der Waals surface area contributed by atoms with Crippen molar-refractivity contribution >= 4 is 22.7 Å². The Morgan fingerprint density at radius 2 is 1.62 bits per heavy atom. The third kappa shape index (κ3) is 4.93. The van der Waals surface area contributed by atoms with E-state index in [1.807, 2.05) is 35.2 Å². The van der Waals surface area contributed by atoms with Gasteiger partial charge in [0.15, 0.2) is 11.1 Å². The van der Waals surface area contributed by atoms with Crippen molar-refractivity contribution in [1.29, 1.82) is 0 Å². The van der Waals surface area contributed by atoms with Crippen LogP contribution >= 0.6 is 0 Å². The number of benzene rings is 2. The Balaban J connectivity index is 1.44. The van der Waals surface area contributed by atoms with Crippen LogP contribution in [-0.2, 0) is 22.3 Å². The molecule has 26 heavy (non-hydrogen) atoms. The lowest BCUT2D eigenvalue weighted by molar-refractivity contribution is -0.131. The van der Waals surface area contributed by atoms with Crippen molar-refractivity contribution in [3.8, 4) is 0 Å². The van der Waals surface area contributed by atoms with E-state index >= 15 is 0 Å². The third-order valence-corrected chi connectivity index (χ3v) is 5.41. The number of carbonyl (C=O) groups excluding carboxylic acids is 1. The number of amides is 1. The minimum Gasteiger partial charge on any atom is -0.368 e. The number of hydrogen-bond donors (Lipinski definition) is 1. The molecule has 0 aromatic heterocycles. The van der Waals surface area contributed by atoms with Crippen molar-refractivity contribution < 1.29 is 13.6 Å². The first-order chi connectivity index (χ1) is 12.6. The molecule has 1 heterocycles. The number of aryl methyl sites for hydroxylation is 1. The second-order valence-corrected chi connectivity index (χ2v) is 7.42. The van der Waals surface area contributed by atoms with Crippen LogP contribution in [0.4, 0.5) is 5.69 Å². The van der Waals surface area contributed by atoms with Crippen LogP contribution in [0.15, 0.2) is 59.5 Å². The average Bonchev–Trinajstić information content (AvgIpc) is 2.69. The van der Waals surface area contributed by atoms with Crippen molar-refractivity contribution in [3.05, 3.63) is 60.2 Å². The second-order valence-electron chi connectivity index (χ2n) is 6.45. The maximum atomic E-state index is 12.4. The van der Waals surface area contributed by atoms with Crippen LogP contribution in [0.5, 0.6) is 0 Å². The molecule has 2 aromatic carbocycles. The first kappa shape index (κ1) is 18.6. The van der Waals surface area contributed by atoms with E-state index in [1.54, 1.807) is 12.1 Å². The molecule has 0 aliphatic carbocycles. The minimum absolute atomic E-state index is 0.228. The molecule has 0 bridgehead atoms. The van der Waals surface area contributed by atoms with E-state index in [-0.39, 0.29) is 5.91 Å². The number of rotatable bonds is 6. The summed E-state index contributed by atoms with van der Waals surface area (Å²) in [4.78, 5) is 16.9. The van der Waals surface area contributed by atoms with Crippen molar-refractivity contribution in [2.45, 2.75) is 24.2 Å². The number of nitrogens with zero attached hydrogens (tertiary/aromatic N) is 2. The Hall–Kier alpha value is -2.18. The topological polar surface area (TPSA) is 60.9 Å². The summed E-state index contributed by atoms with van der Waals surface area (Å²) in [6.07, 6.45) is 2.40. The molecule has 1 atom stereocenters. The highest BCUT2D eigenvalue weighted by molar-refractivity contribution is 7.79. The van der Waals surface area contributed by atoms with Crippen LogP contribution < -0.4 is 4.90 Å². The summed E-state index contributed by atoms with van der Waals surface area (Å²) < 4.78 is 20.1. The number of piperazine rings is 1. The van der Waals surface area contributed by atoms with Gasteiger partial charge in [0.25, 0.3) is 0 Å². The lowest BCUT2D eigenvalue weighted by Gasteiger charge is -2.36. The smallest absolute Gasteiger partial charge is 0.222 e. The maximum Gasteiger partial charge on any atom is 0.222 e. The van der Waals surface area contributed by atoms with E-state index in [4.69, 9.17) is 4.55 Å². The van der Waals surface area contributed by atoms with E-state index in [1.165, 1.54) is 5.56 Å². The molecule has 6 heteroatoms. The summed E-state index contributed by atoms with van der Waals surface area (Å²) in [5.41, 5.74) is 2.30. The Labute approximate surface area is 156 Å². The zero-order valence-electron chi connectivity index (χ0n) is 14.7. The zero-order valence-corrected chi connectivity index (χ0v) is 15.5. The molecular formula is C20H24N2O3S. The number of anilines is 1. The molecule has 5 nitrogen and oxygen atoms in total. The van der Waals surface area contributed by atoms with Crippen LogP contribution in [0.3, 0.4) is 0 Å². The van der Waals surface area contributed by atoms with E-state index in [0.717, 1.165) is 44.7 Å². The molecule has 1 N–H and O–H groups in total. The normalized spacial score (nSPS) is 15.7. The van der Waals surface area contributed by atoms with Gasteiger partial charge in [0.05, 0.1) is 4.90 Å². The first-order valence-electron chi connectivity index (χ1n) is 8.91. The highest BCUT2D eigenvalue weighted by Crippen LogP contribution is 2.19. The highest BCUT2D eigenvalue weighted by Gasteiger charge is 2.21. The predicted molar refractivity (Wildman–Crippen MR) is 104 cm³/mol. The fraction of sp³-hybridized carbons (Fsp3) is 0.350. The first-order valence-corrected chi connectivity index (χ1v) is 10.0. The molecular weight excluding hydrogens is 348 g/mol. The summed E-state index contributed by atoms with van der Waals surface area (Å²) in [7, 11) is 0. The molecule has 1 aliphatic heterocycles. The Bertz CT molecular complexity index is 741. The highest BCUT2D eigenvalue weighted by atomic mass is 32.2. The molecule has 1 unspecified atom stereocenters. The fourth-order valence-electron chi connectivity index (χ4n) is 3.23. The van der Waals surface area contributed by atoms with Crippen LogP contribution in [-0.4, -0.2) is 45.7 Å². The predicted octanol–water partition coefficient (Wildman–Crippen LogP) is 2.94. The molecule has 0 spiro atoms. The molecule has 1 saturated heterocycles. The molecule has 2 aromatic rings. The van der Waals surface area contributed by atoms with Crippen LogP contribution in [0.25, 0.3) is 0 Å². The second kappa shape index (κ2) is 8.96. The third-order valence-electron chi connectivity index (χ3n) is 4.73. The Morgan fingerprint density at radius 1 is 0.962 bits per heavy atom. The lowest BCUT2D eigenvalue weighted by atomic mass is 10.1. The number of carbonyl (C=O) groups is 1. The van der Waals surface area contributed by atoms with E-state index in [0.29, 0.717) is 11.3 Å². The zero-order chi connectivity index (χ0) is 18.4. The number of hydrogen-bond acceptors (Lipinski definition) is 3. The summed E-state index contributed by atoms with van der Waals surface area (Å²) in [5.74, 6) is 0.228. The largest absolute Gasteiger partial charge is 0.368 e. The van der Waals surface area contributed by atoms with Gasteiger partial charge in [-0.05, 0) is 42.7 Å². The van der Waals surface area contributed by atoms with Crippen molar-refractivity contribution in [3.63, 3.8) is 0 Å². The van der Waals surface area contributed by atoms with Gasteiger partial charge in [-0.2, -0.15) is 0 Å². The lowest BCUT2D eigenvalue weighted by Crippen LogP contribution is -2.48. The van der Waals surface area contributed by atoms with Gasteiger partial charge < -0.3 is 14.4 Å². The van der Waals surface area contributed by atoms with Gasteiger partial charge in [0, 0.05) is 38.3 Å². The molecule has 0 saturated carbocycles. The van der Waals surface area contributed by atoms with E-state index in [9.17, 15) is 9.00 Å². The van der Waals surface area contributed by atoms with Crippen LogP contribution in [0.2, 0.25) is 0 Å². The molecule has 3 rings (SSSR count). The van der Waals surface area contributed by atoms with Crippen molar-refractivity contribution in [2.24, 2.45) is 0 Å². The fourth-order valence-corrected chi connectivity index (χ4v) is 3.60. The van der Waals surface area contributed by atoms with Gasteiger partial charge in [-0.3, -0.25) is 4.79 Å². The molecule has 138 valence electrons. The summed E-state index contributed by atoms with van der Waals surface area (Å²) in [6, 6.07) is 17.3.